The summed E-state index contributed by atoms with van der Waals surface area (Å²) in [5.74, 6) is 1.69. The van der Waals surface area contributed by atoms with Crippen molar-refractivity contribution in [2.24, 2.45) is 0 Å². The lowest BCUT2D eigenvalue weighted by Crippen LogP contribution is -2.22. The Morgan fingerprint density at radius 3 is 3.12 bits per heavy atom. The molecule has 94 valence electrons. The Morgan fingerprint density at radius 2 is 2.35 bits per heavy atom. The molecule has 1 fully saturated rings. The van der Waals surface area contributed by atoms with Crippen molar-refractivity contribution in [1.82, 2.24) is 15.3 Å². The molecular formula is C11H19N5O. The van der Waals surface area contributed by atoms with Crippen LogP contribution in [0.1, 0.15) is 6.42 Å². The van der Waals surface area contributed by atoms with Gasteiger partial charge >= 0.3 is 0 Å². The summed E-state index contributed by atoms with van der Waals surface area (Å²) < 4.78 is 4.97. The summed E-state index contributed by atoms with van der Waals surface area (Å²) in [7, 11) is 1.68. The van der Waals surface area contributed by atoms with Crippen LogP contribution in [0.15, 0.2) is 12.4 Å². The summed E-state index contributed by atoms with van der Waals surface area (Å²) in [5, 5.41) is 9.88. The maximum atomic E-state index is 4.97. The Morgan fingerprint density at radius 1 is 1.47 bits per heavy atom. The van der Waals surface area contributed by atoms with E-state index in [9.17, 15) is 0 Å². The van der Waals surface area contributed by atoms with E-state index in [1.54, 1.807) is 13.4 Å². The predicted molar refractivity (Wildman–Crippen MR) is 67.3 cm³/mol. The normalized spacial score (nSPS) is 19.2. The molecule has 0 aliphatic carbocycles. The highest BCUT2D eigenvalue weighted by atomic mass is 16.5. The Balaban J connectivity index is 1.86. The fourth-order valence-electron chi connectivity index (χ4n) is 1.80. The number of anilines is 2. The van der Waals surface area contributed by atoms with Crippen LogP contribution in [-0.2, 0) is 4.74 Å². The highest BCUT2D eigenvalue weighted by molar-refractivity contribution is 5.47. The van der Waals surface area contributed by atoms with Gasteiger partial charge in [0.25, 0.3) is 0 Å². The highest BCUT2D eigenvalue weighted by Gasteiger charge is 2.14. The van der Waals surface area contributed by atoms with Gasteiger partial charge < -0.3 is 20.7 Å². The molecule has 6 nitrogen and oxygen atoms in total. The van der Waals surface area contributed by atoms with Crippen LogP contribution in [0.5, 0.6) is 0 Å². The summed E-state index contributed by atoms with van der Waals surface area (Å²) in [6.45, 7) is 3.48. The fraction of sp³-hybridized carbons (Fsp3) is 0.636. The third-order valence-electron chi connectivity index (χ3n) is 2.69. The number of nitrogens with zero attached hydrogens (tertiary/aromatic N) is 2. The standard InChI is InChI=1S/C11H19N5O/c1-17-5-4-13-10-6-11(15-8-14-10)16-9-2-3-12-7-9/h6,8-9,12H,2-5,7H2,1H3,(H2,13,14,15,16)/t9-/m1/s1. The number of nitrogens with one attached hydrogen (secondary N) is 3. The number of ether oxygens (including phenoxy) is 1. The van der Waals surface area contributed by atoms with E-state index in [1.165, 1.54) is 0 Å². The van der Waals surface area contributed by atoms with E-state index >= 15 is 0 Å². The zero-order valence-electron chi connectivity index (χ0n) is 10.1. The number of hydrogen-bond donors (Lipinski definition) is 3. The third kappa shape index (κ3) is 3.83. The number of aromatic nitrogens is 2. The topological polar surface area (TPSA) is 71.1 Å². The minimum Gasteiger partial charge on any atom is -0.383 e. The van der Waals surface area contributed by atoms with E-state index in [2.05, 4.69) is 25.9 Å². The van der Waals surface area contributed by atoms with E-state index < -0.39 is 0 Å². The Bertz CT molecular complexity index is 340. The number of rotatable bonds is 6. The number of methoxy groups -OCH3 is 1. The summed E-state index contributed by atoms with van der Waals surface area (Å²) in [4.78, 5) is 8.36. The maximum absolute atomic E-state index is 4.97. The maximum Gasteiger partial charge on any atom is 0.131 e. The van der Waals surface area contributed by atoms with Crippen LogP contribution in [0, 0.1) is 0 Å². The van der Waals surface area contributed by atoms with Gasteiger partial charge in [-0.1, -0.05) is 0 Å². The van der Waals surface area contributed by atoms with E-state index in [-0.39, 0.29) is 0 Å². The van der Waals surface area contributed by atoms with Crippen molar-refractivity contribution in [2.75, 3.05) is 44.0 Å². The van der Waals surface area contributed by atoms with Crippen molar-refractivity contribution < 1.29 is 4.74 Å². The molecule has 0 spiro atoms. The molecule has 1 atom stereocenters. The van der Waals surface area contributed by atoms with Crippen molar-refractivity contribution in [3.8, 4) is 0 Å². The van der Waals surface area contributed by atoms with Crippen LogP contribution in [0.2, 0.25) is 0 Å². The average Bonchev–Trinajstić information content (AvgIpc) is 2.83. The van der Waals surface area contributed by atoms with Crippen molar-refractivity contribution in [1.29, 1.82) is 0 Å². The van der Waals surface area contributed by atoms with E-state index in [0.29, 0.717) is 12.6 Å². The second kappa shape index (κ2) is 6.36. The monoisotopic (exact) mass is 237 g/mol. The first-order valence-electron chi connectivity index (χ1n) is 5.90. The van der Waals surface area contributed by atoms with Crippen molar-refractivity contribution >= 4 is 11.6 Å². The zero-order chi connectivity index (χ0) is 11.9. The van der Waals surface area contributed by atoms with Crippen LogP contribution in [-0.4, -0.2) is 49.4 Å². The second-order valence-corrected chi connectivity index (χ2v) is 4.04. The minimum absolute atomic E-state index is 0.469. The molecule has 6 heteroatoms. The molecule has 3 N–H and O–H groups in total. The summed E-state index contributed by atoms with van der Waals surface area (Å²) in [6, 6.07) is 2.39. The Hall–Kier alpha value is -1.40. The lowest BCUT2D eigenvalue weighted by Gasteiger charge is -2.12. The van der Waals surface area contributed by atoms with Gasteiger partial charge in [-0.3, -0.25) is 0 Å². The van der Waals surface area contributed by atoms with Crippen molar-refractivity contribution in [3.05, 3.63) is 12.4 Å². The summed E-state index contributed by atoms with van der Waals surface area (Å²) >= 11 is 0. The Kier molecular flexibility index (Phi) is 4.52. The molecule has 0 radical (unpaired) electrons. The number of hydrogen-bond acceptors (Lipinski definition) is 6. The lowest BCUT2D eigenvalue weighted by molar-refractivity contribution is 0.210. The molecule has 0 bridgehead atoms. The van der Waals surface area contributed by atoms with Gasteiger partial charge in [0.15, 0.2) is 0 Å². The van der Waals surface area contributed by atoms with Gasteiger partial charge in [0.05, 0.1) is 6.61 Å². The molecule has 0 saturated carbocycles. The van der Waals surface area contributed by atoms with Gasteiger partial charge in [0.1, 0.15) is 18.0 Å². The average molecular weight is 237 g/mol. The van der Waals surface area contributed by atoms with E-state index in [1.807, 2.05) is 6.07 Å². The van der Waals surface area contributed by atoms with Gasteiger partial charge in [0, 0.05) is 32.3 Å². The van der Waals surface area contributed by atoms with Crippen molar-refractivity contribution in [3.63, 3.8) is 0 Å². The van der Waals surface area contributed by atoms with Crippen LogP contribution in [0.3, 0.4) is 0 Å². The molecule has 2 heterocycles. The van der Waals surface area contributed by atoms with E-state index in [4.69, 9.17) is 4.74 Å². The van der Waals surface area contributed by atoms with Crippen molar-refractivity contribution in [2.45, 2.75) is 12.5 Å². The Labute approximate surface area is 101 Å². The van der Waals surface area contributed by atoms with E-state index in [0.717, 1.165) is 37.7 Å². The van der Waals surface area contributed by atoms with Gasteiger partial charge in [-0.25, -0.2) is 9.97 Å². The second-order valence-electron chi connectivity index (χ2n) is 4.04. The molecule has 0 unspecified atom stereocenters. The lowest BCUT2D eigenvalue weighted by atomic mass is 10.2. The molecule has 1 aromatic heterocycles. The minimum atomic E-state index is 0.469. The fourth-order valence-corrected chi connectivity index (χ4v) is 1.80. The molecule has 1 aliphatic heterocycles. The molecule has 1 aliphatic rings. The molecule has 0 aromatic carbocycles. The van der Waals surface area contributed by atoms with Gasteiger partial charge in [-0.2, -0.15) is 0 Å². The van der Waals surface area contributed by atoms with Crippen LogP contribution >= 0.6 is 0 Å². The largest absolute Gasteiger partial charge is 0.383 e. The third-order valence-corrected chi connectivity index (χ3v) is 2.69. The molecule has 17 heavy (non-hydrogen) atoms. The first kappa shape index (κ1) is 12.1. The van der Waals surface area contributed by atoms with Crippen LogP contribution in [0.25, 0.3) is 0 Å². The van der Waals surface area contributed by atoms with Crippen LogP contribution in [0.4, 0.5) is 11.6 Å². The smallest absolute Gasteiger partial charge is 0.131 e. The van der Waals surface area contributed by atoms with Gasteiger partial charge in [-0.15, -0.1) is 0 Å². The summed E-state index contributed by atoms with van der Waals surface area (Å²) in [6.07, 6.45) is 2.70. The predicted octanol–water partition coefficient (Wildman–Crippen LogP) is 0.309. The zero-order valence-corrected chi connectivity index (χ0v) is 10.1. The van der Waals surface area contributed by atoms with Crippen LogP contribution < -0.4 is 16.0 Å². The van der Waals surface area contributed by atoms with Gasteiger partial charge in [-0.05, 0) is 13.0 Å². The molecule has 2 rings (SSSR count). The molecule has 0 amide bonds. The van der Waals surface area contributed by atoms with Gasteiger partial charge in [0.2, 0.25) is 0 Å². The summed E-state index contributed by atoms with van der Waals surface area (Å²) in [5.41, 5.74) is 0. The molecule has 1 saturated heterocycles. The molecular weight excluding hydrogens is 218 g/mol. The molecule has 1 aromatic rings. The highest BCUT2D eigenvalue weighted by Crippen LogP contribution is 2.11. The first-order valence-corrected chi connectivity index (χ1v) is 5.90. The first-order chi connectivity index (χ1) is 8.38. The SMILES string of the molecule is COCCNc1cc(N[C@@H]2CCNC2)ncn1. The quantitative estimate of drug-likeness (QED) is 0.619.